The van der Waals surface area contributed by atoms with Gasteiger partial charge < -0.3 is 5.73 Å². The molecule has 0 bridgehead atoms. The lowest BCUT2D eigenvalue weighted by molar-refractivity contribution is 0.357. The predicted molar refractivity (Wildman–Crippen MR) is 54.1 cm³/mol. The molecule has 72 valence electrons. The maximum Gasteiger partial charge on any atom is 0.00670 e. The maximum absolute atomic E-state index is 6.13. The Balaban J connectivity index is 2.27. The summed E-state index contributed by atoms with van der Waals surface area (Å²) in [4.78, 5) is 0. The summed E-state index contributed by atoms with van der Waals surface area (Å²) in [6.45, 7) is 2.23. The Hall–Kier alpha value is -0.0400. The first-order valence-corrected chi connectivity index (χ1v) is 5.60. The van der Waals surface area contributed by atoms with Crippen molar-refractivity contribution in [2.24, 2.45) is 11.7 Å². The lowest BCUT2D eigenvalue weighted by Gasteiger charge is -2.21. The van der Waals surface area contributed by atoms with Crippen LogP contribution in [-0.2, 0) is 0 Å². The van der Waals surface area contributed by atoms with Gasteiger partial charge in [0.15, 0.2) is 0 Å². The molecule has 12 heavy (non-hydrogen) atoms. The molecule has 0 radical (unpaired) electrons. The maximum atomic E-state index is 6.13. The Labute approximate surface area is 76.7 Å². The topological polar surface area (TPSA) is 26.0 Å². The van der Waals surface area contributed by atoms with Crippen molar-refractivity contribution in [3.63, 3.8) is 0 Å². The minimum atomic E-state index is 0.494. The second-order valence-electron chi connectivity index (χ2n) is 4.20. The standard InChI is InChI=1S/C11H23N/c1-2-7-11(12)10-8-5-3-4-6-9-10/h10-11H,2-9,12H2,1H3/t11-/m1/s1. The molecule has 1 atom stereocenters. The normalized spacial score (nSPS) is 23.5. The molecule has 1 saturated carbocycles. The van der Waals surface area contributed by atoms with Crippen LogP contribution in [0.25, 0.3) is 0 Å². The number of rotatable bonds is 3. The Morgan fingerprint density at radius 1 is 1.17 bits per heavy atom. The van der Waals surface area contributed by atoms with Crippen molar-refractivity contribution in [1.82, 2.24) is 0 Å². The van der Waals surface area contributed by atoms with Gasteiger partial charge in [-0.2, -0.15) is 0 Å². The van der Waals surface area contributed by atoms with Gasteiger partial charge in [-0.3, -0.25) is 0 Å². The number of hydrogen-bond acceptors (Lipinski definition) is 1. The van der Waals surface area contributed by atoms with E-state index in [0.29, 0.717) is 6.04 Å². The summed E-state index contributed by atoms with van der Waals surface area (Å²) in [5.74, 6) is 0.840. The zero-order chi connectivity index (χ0) is 8.81. The highest BCUT2D eigenvalue weighted by atomic mass is 14.6. The summed E-state index contributed by atoms with van der Waals surface area (Å²) in [6, 6.07) is 0.494. The Morgan fingerprint density at radius 2 is 1.75 bits per heavy atom. The molecule has 0 aromatic carbocycles. The van der Waals surface area contributed by atoms with Crippen molar-refractivity contribution in [2.75, 3.05) is 0 Å². The largest absolute Gasteiger partial charge is 0.327 e. The lowest BCUT2D eigenvalue weighted by atomic mass is 9.90. The van der Waals surface area contributed by atoms with E-state index in [2.05, 4.69) is 6.92 Å². The third-order valence-corrected chi connectivity index (χ3v) is 3.13. The minimum Gasteiger partial charge on any atom is -0.327 e. The van der Waals surface area contributed by atoms with E-state index in [4.69, 9.17) is 5.73 Å². The molecule has 1 aliphatic rings. The smallest absolute Gasteiger partial charge is 0.00670 e. The van der Waals surface area contributed by atoms with E-state index in [0.717, 1.165) is 5.92 Å². The SMILES string of the molecule is CCC[C@@H](N)C1CCCCCC1. The highest BCUT2D eigenvalue weighted by Gasteiger charge is 2.18. The first-order chi connectivity index (χ1) is 5.84. The van der Waals surface area contributed by atoms with Crippen LogP contribution in [-0.4, -0.2) is 6.04 Å². The number of nitrogens with two attached hydrogens (primary N) is 1. The molecule has 1 heteroatoms. The van der Waals surface area contributed by atoms with E-state index in [1.54, 1.807) is 0 Å². The Bertz CT molecular complexity index is 104. The summed E-state index contributed by atoms with van der Waals surface area (Å²) in [5, 5.41) is 0. The molecule has 1 fully saturated rings. The zero-order valence-electron chi connectivity index (χ0n) is 8.39. The van der Waals surface area contributed by atoms with Crippen molar-refractivity contribution < 1.29 is 0 Å². The quantitative estimate of drug-likeness (QED) is 0.645. The van der Waals surface area contributed by atoms with E-state index in [1.165, 1.54) is 51.4 Å². The first-order valence-electron chi connectivity index (χ1n) is 5.60. The van der Waals surface area contributed by atoms with Crippen molar-refractivity contribution in [1.29, 1.82) is 0 Å². The lowest BCUT2D eigenvalue weighted by Crippen LogP contribution is -2.29. The monoisotopic (exact) mass is 169 g/mol. The molecule has 0 spiro atoms. The Kier molecular flexibility index (Phi) is 4.67. The van der Waals surface area contributed by atoms with Crippen LogP contribution in [0.15, 0.2) is 0 Å². The van der Waals surface area contributed by atoms with Crippen molar-refractivity contribution in [2.45, 2.75) is 64.3 Å². The third kappa shape index (κ3) is 3.14. The van der Waals surface area contributed by atoms with E-state index in [-0.39, 0.29) is 0 Å². The fraction of sp³-hybridized carbons (Fsp3) is 1.00. The van der Waals surface area contributed by atoms with Gasteiger partial charge in [0.25, 0.3) is 0 Å². The van der Waals surface area contributed by atoms with Gasteiger partial charge in [0.05, 0.1) is 0 Å². The average Bonchev–Trinajstić information content (AvgIpc) is 2.32. The fourth-order valence-corrected chi connectivity index (χ4v) is 2.31. The van der Waals surface area contributed by atoms with Crippen molar-refractivity contribution >= 4 is 0 Å². The van der Waals surface area contributed by atoms with Gasteiger partial charge >= 0.3 is 0 Å². The van der Waals surface area contributed by atoms with Gasteiger partial charge in [-0.05, 0) is 25.2 Å². The van der Waals surface area contributed by atoms with Crippen LogP contribution in [0.1, 0.15) is 58.3 Å². The van der Waals surface area contributed by atoms with Gasteiger partial charge in [-0.25, -0.2) is 0 Å². The summed E-state index contributed by atoms with van der Waals surface area (Å²) < 4.78 is 0. The molecule has 0 aliphatic heterocycles. The fourth-order valence-electron chi connectivity index (χ4n) is 2.31. The second-order valence-corrected chi connectivity index (χ2v) is 4.20. The second kappa shape index (κ2) is 5.58. The molecule has 0 aromatic rings. The molecule has 0 unspecified atom stereocenters. The first kappa shape index (κ1) is 10.0. The molecular weight excluding hydrogens is 146 g/mol. The predicted octanol–water partition coefficient (Wildman–Crippen LogP) is 3.08. The molecule has 1 aliphatic carbocycles. The molecule has 1 nitrogen and oxygen atoms in total. The molecular formula is C11H23N. The highest BCUT2D eigenvalue weighted by molar-refractivity contribution is 4.74. The van der Waals surface area contributed by atoms with Crippen LogP contribution < -0.4 is 5.73 Å². The van der Waals surface area contributed by atoms with Gasteiger partial charge in [0.1, 0.15) is 0 Å². The van der Waals surface area contributed by atoms with E-state index < -0.39 is 0 Å². The molecule has 0 amide bonds. The summed E-state index contributed by atoms with van der Waals surface area (Å²) in [5.41, 5.74) is 6.13. The van der Waals surface area contributed by atoms with E-state index >= 15 is 0 Å². The van der Waals surface area contributed by atoms with Crippen molar-refractivity contribution in [3.05, 3.63) is 0 Å². The van der Waals surface area contributed by atoms with Gasteiger partial charge in [-0.1, -0.05) is 39.0 Å². The summed E-state index contributed by atoms with van der Waals surface area (Å²) >= 11 is 0. The molecule has 0 saturated heterocycles. The van der Waals surface area contributed by atoms with Crippen LogP contribution in [0, 0.1) is 5.92 Å². The van der Waals surface area contributed by atoms with Crippen molar-refractivity contribution in [3.8, 4) is 0 Å². The minimum absolute atomic E-state index is 0.494. The summed E-state index contributed by atoms with van der Waals surface area (Å²) in [6.07, 6.45) is 11.0. The van der Waals surface area contributed by atoms with Crippen LogP contribution in [0.3, 0.4) is 0 Å². The Morgan fingerprint density at radius 3 is 2.25 bits per heavy atom. The molecule has 2 N–H and O–H groups in total. The van der Waals surface area contributed by atoms with Crippen LogP contribution in [0.5, 0.6) is 0 Å². The van der Waals surface area contributed by atoms with E-state index in [1.807, 2.05) is 0 Å². The highest BCUT2D eigenvalue weighted by Crippen LogP contribution is 2.26. The molecule has 1 rings (SSSR count). The van der Waals surface area contributed by atoms with Gasteiger partial charge in [0, 0.05) is 6.04 Å². The zero-order valence-corrected chi connectivity index (χ0v) is 8.39. The van der Waals surface area contributed by atoms with Gasteiger partial charge in [-0.15, -0.1) is 0 Å². The van der Waals surface area contributed by atoms with Gasteiger partial charge in [0.2, 0.25) is 0 Å². The van der Waals surface area contributed by atoms with Crippen LogP contribution in [0.4, 0.5) is 0 Å². The van der Waals surface area contributed by atoms with Crippen LogP contribution >= 0.6 is 0 Å². The molecule has 0 aromatic heterocycles. The number of hydrogen-bond donors (Lipinski definition) is 1. The third-order valence-electron chi connectivity index (χ3n) is 3.13. The van der Waals surface area contributed by atoms with E-state index in [9.17, 15) is 0 Å². The summed E-state index contributed by atoms with van der Waals surface area (Å²) in [7, 11) is 0. The van der Waals surface area contributed by atoms with Crippen LogP contribution in [0.2, 0.25) is 0 Å². The molecule has 0 heterocycles. The average molecular weight is 169 g/mol.